The van der Waals surface area contributed by atoms with E-state index < -0.39 is 5.60 Å². The summed E-state index contributed by atoms with van der Waals surface area (Å²) in [6.07, 6.45) is 4.75. The molecule has 1 N–H and O–H groups in total. The molecule has 1 saturated heterocycles. The number of nitrogens with one attached hydrogen (secondary N) is 1. The van der Waals surface area contributed by atoms with Crippen molar-refractivity contribution < 1.29 is 19.0 Å². The number of carbonyl (C=O) groups excluding carboxylic acids is 1. The lowest BCUT2D eigenvalue weighted by molar-refractivity contribution is 0.0223. The van der Waals surface area contributed by atoms with Crippen LogP contribution in [0.25, 0.3) is 22.6 Å². The number of pyridine rings is 2. The largest absolute Gasteiger partial charge is 0.455 e. The Morgan fingerprint density at radius 1 is 1.16 bits per heavy atom. The summed E-state index contributed by atoms with van der Waals surface area (Å²) in [6.45, 7) is 6.67. The summed E-state index contributed by atoms with van der Waals surface area (Å²) < 4.78 is 17.2. The molecule has 0 spiro atoms. The van der Waals surface area contributed by atoms with Crippen LogP contribution in [0.15, 0.2) is 54.9 Å². The molecule has 3 aromatic heterocycles. The van der Waals surface area contributed by atoms with Crippen LogP contribution in [0.3, 0.4) is 0 Å². The summed E-state index contributed by atoms with van der Waals surface area (Å²) in [6, 6.07) is 13.2. The van der Waals surface area contributed by atoms with Crippen molar-refractivity contribution in [3.8, 4) is 23.0 Å². The van der Waals surface area contributed by atoms with Crippen LogP contribution in [0, 0.1) is 0 Å². The van der Waals surface area contributed by atoms with Gasteiger partial charge in [0.25, 0.3) is 0 Å². The van der Waals surface area contributed by atoms with Gasteiger partial charge in [0, 0.05) is 31.5 Å². The SMILES string of the molecule is COCc1ccc(Oc2cc3nc(-c4ccccn4)[nH]c3cc2C2CCCN2C(=O)OC(C)(C)C)cn1. The van der Waals surface area contributed by atoms with Gasteiger partial charge in [-0.3, -0.25) is 9.97 Å². The molecule has 1 atom stereocenters. The molecule has 0 bridgehead atoms. The number of H-pyrrole nitrogens is 1. The van der Waals surface area contributed by atoms with Gasteiger partial charge in [-0.1, -0.05) is 6.07 Å². The van der Waals surface area contributed by atoms with Crippen molar-refractivity contribution in [3.05, 3.63) is 66.1 Å². The van der Waals surface area contributed by atoms with Crippen LogP contribution in [-0.4, -0.2) is 50.2 Å². The van der Waals surface area contributed by atoms with Crippen LogP contribution in [-0.2, 0) is 16.1 Å². The molecule has 0 aliphatic carbocycles. The average Bonchev–Trinajstić information content (AvgIpc) is 3.52. The fourth-order valence-electron chi connectivity index (χ4n) is 4.49. The first-order chi connectivity index (χ1) is 17.8. The van der Waals surface area contributed by atoms with Crippen LogP contribution in [0.1, 0.15) is 50.9 Å². The molecule has 4 aromatic rings. The van der Waals surface area contributed by atoms with Crippen LogP contribution in [0.2, 0.25) is 0 Å². The van der Waals surface area contributed by atoms with E-state index >= 15 is 0 Å². The maximum atomic E-state index is 13.1. The number of fused-ring (bicyclic) bond motifs is 1. The number of nitrogens with zero attached hydrogens (tertiary/aromatic N) is 4. The minimum Gasteiger partial charge on any atom is -0.455 e. The number of carbonyl (C=O) groups is 1. The van der Waals surface area contributed by atoms with Gasteiger partial charge in [-0.15, -0.1) is 0 Å². The van der Waals surface area contributed by atoms with E-state index in [1.165, 1.54) is 0 Å². The number of benzene rings is 1. The number of imidazole rings is 1. The summed E-state index contributed by atoms with van der Waals surface area (Å²) in [7, 11) is 1.63. The number of rotatable bonds is 6. The van der Waals surface area contributed by atoms with Gasteiger partial charge < -0.3 is 24.1 Å². The van der Waals surface area contributed by atoms with Crippen molar-refractivity contribution in [2.75, 3.05) is 13.7 Å². The first-order valence-electron chi connectivity index (χ1n) is 12.4. The highest BCUT2D eigenvalue weighted by Crippen LogP contribution is 2.41. The summed E-state index contributed by atoms with van der Waals surface area (Å²) in [5.74, 6) is 1.87. The van der Waals surface area contributed by atoms with Crippen molar-refractivity contribution in [1.29, 1.82) is 0 Å². The third kappa shape index (κ3) is 5.56. The van der Waals surface area contributed by atoms with E-state index in [4.69, 9.17) is 19.2 Å². The standard InChI is InChI=1S/C28H31N5O4/c1-28(2,3)37-27(34)33-13-7-9-24(33)20-14-22-23(32-26(31-22)21-8-5-6-12-29-21)15-25(20)36-19-11-10-18(17-35-4)30-16-19/h5-6,8,10-12,14-16,24H,7,9,13,17H2,1-4H3,(H,31,32). The zero-order valence-electron chi connectivity index (χ0n) is 21.5. The van der Waals surface area contributed by atoms with Gasteiger partial charge in [-0.2, -0.15) is 0 Å². The summed E-state index contributed by atoms with van der Waals surface area (Å²) in [5, 5.41) is 0. The predicted octanol–water partition coefficient (Wildman–Crippen LogP) is 6.03. The van der Waals surface area contributed by atoms with Crippen molar-refractivity contribution in [3.63, 3.8) is 0 Å². The smallest absolute Gasteiger partial charge is 0.410 e. The van der Waals surface area contributed by atoms with Crippen LogP contribution >= 0.6 is 0 Å². The molecule has 1 aliphatic heterocycles. The third-order valence-corrected chi connectivity index (χ3v) is 6.08. The minimum absolute atomic E-state index is 0.198. The Morgan fingerprint density at radius 2 is 2.03 bits per heavy atom. The third-order valence-electron chi connectivity index (χ3n) is 6.08. The summed E-state index contributed by atoms with van der Waals surface area (Å²) in [4.78, 5) is 31.8. The number of hydrogen-bond donors (Lipinski definition) is 1. The second-order valence-electron chi connectivity index (χ2n) is 10.1. The Kier molecular flexibility index (Phi) is 6.80. The molecule has 4 heterocycles. The molecular formula is C28H31N5O4. The maximum absolute atomic E-state index is 13.1. The molecule has 1 amide bonds. The minimum atomic E-state index is -0.579. The number of aromatic nitrogens is 4. The molecule has 1 unspecified atom stereocenters. The van der Waals surface area contributed by atoms with Gasteiger partial charge in [-0.05, 0) is 63.9 Å². The van der Waals surface area contributed by atoms with Gasteiger partial charge in [0.15, 0.2) is 5.82 Å². The lowest BCUT2D eigenvalue weighted by atomic mass is 10.0. The molecule has 37 heavy (non-hydrogen) atoms. The van der Waals surface area contributed by atoms with Crippen LogP contribution < -0.4 is 4.74 Å². The van der Waals surface area contributed by atoms with E-state index in [2.05, 4.69) is 15.0 Å². The summed E-state index contributed by atoms with van der Waals surface area (Å²) in [5.41, 5.74) is 3.44. The Labute approximate surface area is 215 Å². The van der Waals surface area contributed by atoms with Crippen LogP contribution in [0.4, 0.5) is 4.79 Å². The van der Waals surface area contributed by atoms with E-state index in [-0.39, 0.29) is 12.1 Å². The first kappa shape index (κ1) is 24.7. The Hall–Kier alpha value is -3.98. The van der Waals surface area contributed by atoms with E-state index in [1.807, 2.05) is 63.2 Å². The molecule has 192 valence electrons. The molecule has 9 nitrogen and oxygen atoms in total. The number of amides is 1. The van der Waals surface area contributed by atoms with Crippen molar-refractivity contribution >= 4 is 17.1 Å². The van der Waals surface area contributed by atoms with E-state index in [0.29, 0.717) is 30.5 Å². The molecule has 5 rings (SSSR count). The maximum Gasteiger partial charge on any atom is 0.410 e. The highest BCUT2D eigenvalue weighted by molar-refractivity contribution is 5.82. The van der Waals surface area contributed by atoms with Crippen molar-refractivity contribution in [1.82, 2.24) is 24.8 Å². The molecule has 0 saturated carbocycles. The molecule has 0 radical (unpaired) electrons. The molecular weight excluding hydrogens is 470 g/mol. The monoisotopic (exact) mass is 501 g/mol. The lowest BCUT2D eigenvalue weighted by Gasteiger charge is -2.29. The average molecular weight is 502 g/mol. The molecule has 9 heteroatoms. The predicted molar refractivity (Wildman–Crippen MR) is 139 cm³/mol. The first-order valence-corrected chi connectivity index (χ1v) is 12.4. The van der Waals surface area contributed by atoms with E-state index in [1.54, 1.807) is 24.4 Å². The zero-order valence-corrected chi connectivity index (χ0v) is 21.5. The zero-order chi connectivity index (χ0) is 26.0. The second-order valence-corrected chi connectivity index (χ2v) is 10.1. The van der Waals surface area contributed by atoms with Crippen LogP contribution in [0.5, 0.6) is 11.5 Å². The van der Waals surface area contributed by atoms with Gasteiger partial charge in [0.2, 0.25) is 0 Å². The number of likely N-dealkylation sites (tertiary alicyclic amines) is 1. The Morgan fingerprint density at radius 3 is 2.73 bits per heavy atom. The molecule has 1 fully saturated rings. The Bertz CT molecular complexity index is 1380. The van der Waals surface area contributed by atoms with Gasteiger partial charge in [0.05, 0.1) is 35.6 Å². The number of aromatic amines is 1. The summed E-state index contributed by atoms with van der Waals surface area (Å²) >= 11 is 0. The van der Waals surface area contributed by atoms with E-state index in [0.717, 1.165) is 40.8 Å². The van der Waals surface area contributed by atoms with Gasteiger partial charge in [0.1, 0.15) is 22.8 Å². The van der Waals surface area contributed by atoms with E-state index in [9.17, 15) is 4.79 Å². The highest BCUT2D eigenvalue weighted by atomic mass is 16.6. The second kappa shape index (κ2) is 10.2. The quantitative estimate of drug-likeness (QED) is 0.344. The fraction of sp³-hybridized carbons (Fsp3) is 0.357. The Balaban J connectivity index is 1.55. The van der Waals surface area contributed by atoms with Gasteiger partial charge >= 0.3 is 6.09 Å². The number of methoxy groups -OCH3 is 1. The lowest BCUT2D eigenvalue weighted by Crippen LogP contribution is -2.36. The normalized spacial score (nSPS) is 15.8. The van der Waals surface area contributed by atoms with Gasteiger partial charge in [-0.25, -0.2) is 9.78 Å². The highest BCUT2D eigenvalue weighted by Gasteiger charge is 2.35. The molecule has 1 aromatic carbocycles. The van der Waals surface area contributed by atoms with Crippen molar-refractivity contribution in [2.24, 2.45) is 0 Å². The topological polar surface area (TPSA) is 102 Å². The van der Waals surface area contributed by atoms with Crippen molar-refractivity contribution in [2.45, 2.75) is 51.9 Å². The molecule has 1 aliphatic rings. The number of ether oxygens (including phenoxy) is 3. The fourth-order valence-corrected chi connectivity index (χ4v) is 4.49. The number of hydrogen-bond acceptors (Lipinski definition) is 7.